The van der Waals surface area contributed by atoms with Crippen LogP contribution in [0.5, 0.6) is 0 Å². The maximum absolute atomic E-state index is 13.0. The lowest BCUT2D eigenvalue weighted by atomic mass is 10.4. The average Bonchev–Trinajstić information content (AvgIpc) is 2.63. The fourth-order valence-corrected chi connectivity index (χ4v) is 6.38. The largest absolute Gasteiger partial charge is 0.338 e. The molecule has 3 rings (SSSR count). The van der Waals surface area contributed by atoms with Crippen molar-refractivity contribution < 1.29 is 18.9 Å². The second-order valence-corrected chi connectivity index (χ2v) is 9.61. The van der Waals surface area contributed by atoms with Gasteiger partial charge in [0.25, 0.3) is 14.7 Å². The Bertz CT molecular complexity index is 861. The van der Waals surface area contributed by atoms with Crippen molar-refractivity contribution >= 4 is 36.0 Å². The minimum atomic E-state index is -3.98. The monoisotopic (exact) mass is 358 g/mol. The van der Waals surface area contributed by atoms with Gasteiger partial charge in [0.2, 0.25) is 0 Å². The van der Waals surface area contributed by atoms with Gasteiger partial charge in [-0.05, 0) is 36.4 Å². The van der Waals surface area contributed by atoms with Crippen LogP contribution in [0.3, 0.4) is 0 Å². The fourth-order valence-electron chi connectivity index (χ4n) is 2.52. The first-order valence-corrected chi connectivity index (χ1v) is 10.6. The Morgan fingerprint density at radius 2 is 0.792 bits per heavy atom. The van der Waals surface area contributed by atoms with Gasteiger partial charge in [-0.3, -0.25) is 9.13 Å². The molecule has 0 saturated heterocycles. The maximum atomic E-state index is 13.0. The van der Waals surface area contributed by atoms with Crippen molar-refractivity contribution in [1.82, 2.24) is 0 Å². The standard InChI is InChI=1S/C18H16O4P2/c19-23(20,15-9-3-1-4-10-15)17-13-7-8-14-18(17)24(21,22)16-11-5-2-6-12-16/h1-14H,(H,19,20)(H,21,22). The molecule has 0 saturated carbocycles. The molecule has 0 spiro atoms. The molecule has 0 aliphatic rings. The van der Waals surface area contributed by atoms with Gasteiger partial charge in [0.15, 0.2) is 0 Å². The summed E-state index contributed by atoms with van der Waals surface area (Å²) in [5.41, 5.74) is 0. The summed E-state index contributed by atoms with van der Waals surface area (Å²) >= 11 is 0. The molecule has 24 heavy (non-hydrogen) atoms. The molecule has 3 aromatic rings. The van der Waals surface area contributed by atoms with Crippen molar-refractivity contribution in [2.75, 3.05) is 0 Å². The molecule has 3 aromatic carbocycles. The van der Waals surface area contributed by atoms with E-state index in [0.29, 0.717) is 0 Å². The van der Waals surface area contributed by atoms with Gasteiger partial charge in [-0.25, -0.2) is 0 Å². The van der Waals surface area contributed by atoms with Crippen LogP contribution in [-0.2, 0) is 9.13 Å². The zero-order valence-corrected chi connectivity index (χ0v) is 14.5. The zero-order chi connectivity index (χ0) is 17.2. The van der Waals surface area contributed by atoms with Gasteiger partial charge in [-0.1, -0.05) is 48.5 Å². The summed E-state index contributed by atoms with van der Waals surface area (Å²) in [5, 5.41) is 0.438. The summed E-state index contributed by atoms with van der Waals surface area (Å²) in [6.07, 6.45) is 0. The summed E-state index contributed by atoms with van der Waals surface area (Å²) in [6, 6.07) is 22.4. The predicted octanol–water partition coefficient (Wildman–Crippen LogP) is 2.13. The van der Waals surface area contributed by atoms with E-state index in [9.17, 15) is 18.9 Å². The van der Waals surface area contributed by atoms with Gasteiger partial charge in [-0.2, -0.15) is 0 Å². The van der Waals surface area contributed by atoms with Crippen LogP contribution in [0.1, 0.15) is 0 Å². The molecule has 0 radical (unpaired) electrons. The van der Waals surface area contributed by atoms with Crippen LogP contribution in [-0.4, -0.2) is 9.79 Å². The zero-order valence-electron chi connectivity index (χ0n) is 12.7. The molecule has 4 nitrogen and oxygen atoms in total. The Kier molecular flexibility index (Phi) is 4.58. The van der Waals surface area contributed by atoms with Gasteiger partial charge in [0, 0.05) is 10.6 Å². The summed E-state index contributed by atoms with van der Waals surface area (Å²) in [6.45, 7) is 0. The summed E-state index contributed by atoms with van der Waals surface area (Å²) in [5.74, 6) is 0. The number of hydrogen-bond donors (Lipinski definition) is 2. The van der Waals surface area contributed by atoms with E-state index in [1.165, 1.54) is 12.1 Å². The summed E-state index contributed by atoms with van der Waals surface area (Å²) < 4.78 is 26.1. The lowest BCUT2D eigenvalue weighted by Crippen LogP contribution is -2.31. The molecule has 2 N–H and O–H groups in total. The summed E-state index contributed by atoms with van der Waals surface area (Å²) in [4.78, 5) is 21.3. The number of hydrogen-bond acceptors (Lipinski definition) is 2. The molecule has 0 fully saturated rings. The van der Waals surface area contributed by atoms with Gasteiger partial charge >= 0.3 is 0 Å². The van der Waals surface area contributed by atoms with E-state index >= 15 is 0 Å². The van der Waals surface area contributed by atoms with Crippen LogP contribution < -0.4 is 21.2 Å². The quantitative estimate of drug-likeness (QED) is 0.701. The normalized spacial score (nSPS) is 16.1. The highest BCUT2D eigenvalue weighted by Gasteiger charge is 2.34. The number of rotatable bonds is 4. The highest BCUT2D eigenvalue weighted by molar-refractivity contribution is 7.79. The van der Waals surface area contributed by atoms with Crippen molar-refractivity contribution in [3.05, 3.63) is 84.9 Å². The Morgan fingerprint density at radius 3 is 1.12 bits per heavy atom. The molecule has 2 unspecified atom stereocenters. The van der Waals surface area contributed by atoms with Crippen LogP contribution >= 0.6 is 14.7 Å². The lowest BCUT2D eigenvalue weighted by Gasteiger charge is -2.20. The van der Waals surface area contributed by atoms with E-state index in [0.717, 1.165) is 0 Å². The maximum Gasteiger partial charge on any atom is 0.259 e. The van der Waals surface area contributed by atoms with Crippen molar-refractivity contribution in [1.29, 1.82) is 0 Å². The van der Waals surface area contributed by atoms with E-state index in [1.807, 2.05) is 0 Å². The van der Waals surface area contributed by atoms with E-state index in [2.05, 4.69) is 0 Å². The third kappa shape index (κ3) is 3.02. The fraction of sp³-hybridized carbons (Fsp3) is 0. The Labute approximate surface area is 140 Å². The molecule has 0 bridgehead atoms. The van der Waals surface area contributed by atoms with Gasteiger partial charge in [0.05, 0.1) is 10.6 Å². The van der Waals surface area contributed by atoms with Crippen molar-refractivity contribution in [2.45, 2.75) is 0 Å². The molecule has 0 aliphatic carbocycles. The van der Waals surface area contributed by atoms with Gasteiger partial charge in [0.1, 0.15) is 0 Å². The molecule has 0 aliphatic heterocycles. The average molecular weight is 358 g/mol. The second kappa shape index (κ2) is 6.51. The van der Waals surface area contributed by atoms with Crippen LogP contribution in [0, 0.1) is 0 Å². The molecule has 2 atom stereocenters. The SMILES string of the molecule is O=P(O)(c1ccccc1)c1ccccc1P(=O)(O)c1ccccc1. The minimum Gasteiger partial charge on any atom is -0.338 e. The van der Waals surface area contributed by atoms with Crippen LogP contribution in [0.25, 0.3) is 0 Å². The van der Waals surface area contributed by atoms with Crippen LogP contribution in [0.2, 0.25) is 0 Å². The second-order valence-electron chi connectivity index (χ2n) is 5.31. The van der Waals surface area contributed by atoms with Crippen molar-refractivity contribution in [3.63, 3.8) is 0 Å². The molecular formula is C18H16O4P2. The van der Waals surface area contributed by atoms with Crippen molar-refractivity contribution in [2.24, 2.45) is 0 Å². The topological polar surface area (TPSA) is 74.6 Å². The third-order valence-corrected chi connectivity index (χ3v) is 8.01. The first-order valence-electron chi connectivity index (χ1n) is 7.31. The molecule has 0 heterocycles. The highest BCUT2D eigenvalue weighted by atomic mass is 31.2. The van der Waals surface area contributed by atoms with E-state index in [4.69, 9.17) is 0 Å². The molecular weight excluding hydrogens is 342 g/mol. The Morgan fingerprint density at radius 1 is 0.500 bits per heavy atom. The van der Waals surface area contributed by atoms with E-state index in [1.54, 1.807) is 72.8 Å². The summed E-state index contributed by atoms with van der Waals surface area (Å²) in [7, 11) is -7.97. The molecule has 0 amide bonds. The predicted molar refractivity (Wildman–Crippen MR) is 97.5 cm³/mol. The first-order chi connectivity index (χ1) is 11.4. The van der Waals surface area contributed by atoms with Crippen LogP contribution in [0.15, 0.2) is 84.9 Å². The molecule has 6 heteroatoms. The molecule has 0 aromatic heterocycles. The van der Waals surface area contributed by atoms with E-state index < -0.39 is 14.7 Å². The van der Waals surface area contributed by atoms with Crippen LogP contribution in [0.4, 0.5) is 0 Å². The van der Waals surface area contributed by atoms with Crippen molar-refractivity contribution in [3.8, 4) is 0 Å². The first kappa shape index (κ1) is 16.9. The van der Waals surface area contributed by atoms with Gasteiger partial charge in [-0.15, -0.1) is 0 Å². The number of benzene rings is 3. The smallest absolute Gasteiger partial charge is 0.259 e. The Hall–Kier alpha value is -1.96. The lowest BCUT2D eigenvalue weighted by molar-refractivity contribution is 0.496. The highest BCUT2D eigenvalue weighted by Crippen LogP contribution is 2.44. The van der Waals surface area contributed by atoms with Gasteiger partial charge < -0.3 is 9.79 Å². The van der Waals surface area contributed by atoms with E-state index in [-0.39, 0.29) is 21.2 Å². The Balaban J connectivity index is 2.20. The third-order valence-electron chi connectivity index (χ3n) is 3.75. The molecule has 122 valence electrons. The minimum absolute atomic E-state index is 0.00844.